The molecule has 3 rings (SSSR count). The number of ketones is 1. The summed E-state index contributed by atoms with van der Waals surface area (Å²) in [6, 6.07) is 8.82. The van der Waals surface area contributed by atoms with Gasteiger partial charge in [-0.15, -0.1) is 0 Å². The molecule has 9 heteroatoms. The molecule has 2 N–H and O–H groups in total. The summed E-state index contributed by atoms with van der Waals surface area (Å²) < 4.78 is 0. The molecule has 0 bridgehead atoms. The Hall–Kier alpha value is -4.21. The van der Waals surface area contributed by atoms with Gasteiger partial charge >= 0.3 is 0 Å². The highest BCUT2D eigenvalue weighted by Gasteiger charge is 2.32. The number of aromatic nitrogens is 2. The number of Topliss-reactive ketones (excluding diaryl/α,β-unsaturated/α-hetero) is 1. The number of hydrogen-bond acceptors (Lipinski definition) is 8. The summed E-state index contributed by atoms with van der Waals surface area (Å²) in [6.45, 7) is 5.30. The molecule has 9 nitrogen and oxygen atoms in total. The van der Waals surface area contributed by atoms with E-state index in [-0.39, 0.29) is 23.5 Å². The SMILES string of the molecule is CCCNc1nc(Nc2cccc(C#N)c2)ncc1C#CC1CC(CC(=O)[C@H](C)N(C)C(=O)/C=C/CN(C)C)C1. The lowest BCUT2D eigenvalue weighted by atomic mass is 9.72. The standard InChI is InChI=1S/C31H39N7O2/c1-6-14-33-30-26(21-34-31(36-30)35-27-10-7-9-24(18-27)20-32)13-12-23-16-25(17-23)19-28(39)22(2)38(5)29(40)11-8-15-37(3)4/h7-11,18,21-23,25H,6,14-17,19H2,1-5H3,(H2,33,34,35,36)/b11-8+/t22-,23?,25?/m0/s1. The van der Waals surface area contributed by atoms with Crippen LogP contribution >= 0.6 is 0 Å². The van der Waals surface area contributed by atoms with Crippen molar-refractivity contribution in [2.24, 2.45) is 11.8 Å². The van der Waals surface area contributed by atoms with Gasteiger partial charge in [-0.2, -0.15) is 10.2 Å². The van der Waals surface area contributed by atoms with E-state index in [2.05, 4.69) is 45.4 Å². The number of benzene rings is 1. The minimum atomic E-state index is -0.458. The van der Waals surface area contributed by atoms with E-state index in [1.54, 1.807) is 44.4 Å². The van der Waals surface area contributed by atoms with Gasteiger partial charge in [0.25, 0.3) is 0 Å². The molecule has 1 atom stereocenters. The summed E-state index contributed by atoms with van der Waals surface area (Å²) >= 11 is 0. The van der Waals surface area contributed by atoms with Crippen LogP contribution in [0.2, 0.25) is 0 Å². The fourth-order valence-corrected chi connectivity index (χ4v) is 4.25. The molecule has 210 valence electrons. The van der Waals surface area contributed by atoms with Crippen molar-refractivity contribution in [3.8, 4) is 17.9 Å². The Balaban J connectivity index is 1.56. The molecule has 0 spiro atoms. The second kappa shape index (κ2) is 14.8. The molecule has 0 saturated heterocycles. The summed E-state index contributed by atoms with van der Waals surface area (Å²) in [5.74, 6) is 8.06. The summed E-state index contributed by atoms with van der Waals surface area (Å²) in [5.41, 5.74) is 2.01. The van der Waals surface area contributed by atoms with E-state index in [1.165, 1.54) is 11.0 Å². The maximum Gasteiger partial charge on any atom is 0.246 e. The Morgan fingerprint density at radius 1 is 1.25 bits per heavy atom. The Kier molecular flexibility index (Phi) is 11.2. The molecule has 1 aliphatic carbocycles. The molecule has 1 heterocycles. The number of nitrogens with one attached hydrogen (secondary N) is 2. The molecule has 1 aromatic carbocycles. The zero-order chi connectivity index (χ0) is 29.1. The van der Waals surface area contributed by atoms with Crippen LogP contribution in [0.1, 0.15) is 50.7 Å². The van der Waals surface area contributed by atoms with E-state index in [1.807, 2.05) is 25.1 Å². The average molecular weight is 542 g/mol. The van der Waals surface area contributed by atoms with E-state index in [0.29, 0.717) is 30.3 Å². The maximum atomic E-state index is 12.8. The van der Waals surface area contributed by atoms with Crippen molar-refractivity contribution in [3.05, 3.63) is 53.7 Å². The number of nitriles is 1. The van der Waals surface area contributed by atoms with E-state index in [9.17, 15) is 9.59 Å². The number of carbonyl (C=O) groups is 2. The molecular formula is C31H39N7O2. The molecule has 1 saturated carbocycles. The number of likely N-dealkylation sites (N-methyl/N-ethyl adjacent to an activating group) is 2. The smallest absolute Gasteiger partial charge is 0.246 e. The quantitative estimate of drug-likeness (QED) is 0.303. The van der Waals surface area contributed by atoms with Crippen LogP contribution in [0, 0.1) is 35.0 Å². The largest absolute Gasteiger partial charge is 0.369 e. The fraction of sp³-hybridized carbons (Fsp3) is 0.452. The van der Waals surface area contributed by atoms with Crippen LogP contribution in [0.5, 0.6) is 0 Å². The van der Waals surface area contributed by atoms with Crippen LogP contribution in [0.3, 0.4) is 0 Å². The average Bonchev–Trinajstić information content (AvgIpc) is 2.92. The van der Waals surface area contributed by atoms with Gasteiger partial charge in [-0.05, 0) is 64.4 Å². The second-order valence-electron chi connectivity index (χ2n) is 10.5. The van der Waals surface area contributed by atoms with Gasteiger partial charge < -0.3 is 20.4 Å². The molecule has 1 fully saturated rings. The van der Waals surface area contributed by atoms with E-state index in [0.717, 1.165) is 37.1 Å². The van der Waals surface area contributed by atoms with Crippen molar-refractivity contribution in [1.29, 1.82) is 5.26 Å². The normalized spacial score (nSPS) is 16.8. The predicted octanol–water partition coefficient (Wildman–Crippen LogP) is 4.22. The van der Waals surface area contributed by atoms with Crippen molar-refractivity contribution in [2.75, 3.05) is 44.9 Å². The maximum absolute atomic E-state index is 12.8. The van der Waals surface area contributed by atoms with Crippen LogP contribution in [-0.2, 0) is 9.59 Å². The summed E-state index contributed by atoms with van der Waals surface area (Å²) in [4.78, 5) is 37.7. The first-order valence-electron chi connectivity index (χ1n) is 13.7. The zero-order valence-electron chi connectivity index (χ0n) is 24.1. The van der Waals surface area contributed by atoms with Crippen LogP contribution in [0.25, 0.3) is 0 Å². The molecule has 2 aromatic rings. The van der Waals surface area contributed by atoms with Crippen LogP contribution in [-0.4, -0.2) is 71.7 Å². The van der Waals surface area contributed by atoms with Crippen molar-refractivity contribution >= 4 is 29.1 Å². The first kappa shape index (κ1) is 30.3. The third-order valence-corrected chi connectivity index (χ3v) is 6.84. The van der Waals surface area contributed by atoms with Gasteiger partial charge in [0.05, 0.1) is 29.4 Å². The first-order valence-corrected chi connectivity index (χ1v) is 13.7. The van der Waals surface area contributed by atoms with Gasteiger partial charge in [-0.1, -0.05) is 30.9 Å². The topological polar surface area (TPSA) is 114 Å². The van der Waals surface area contributed by atoms with Crippen LogP contribution in [0.15, 0.2) is 42.6 Å². The lowest BCUT2D eigenvalue weighted by Gasteiger charge is -2.33. The lowest BCUT2D eigenvalue weighted by Crippen LogP contribution is -2.41. The number of hydrogen-bond donors (Lipinski definition) is 2. The predicted molar refractivity (Wildman–Crippen MR) is 158 cm³/mol. The molecule has 0 aliphatic heterocycles. The van der Waals surface area contributed by atoms with Gasteiger partial charge in [-0.25, -0.2) is 4.98 Å². The second-order valence-corrected chi connectivity index (χ2v) is 10.5. The number of rotatable bonds is 12. The Bertz CT molecular complexity index is 1310. The Labute approximate surface area is 237 Å². The highest BCUT2D eigenvalue weighted by atomic mass is 16.2. The Morgan fingerprint density at radius 3 is 2.73 bits per heavy atom. The van der Waals surface area contributed by atoms with Crippen LogP contribution in [0.4, 0.5) is 17.5 Å². The molecule has 1 aromatic heterocycles. The molecular weight excluding hydrogens is 502 g/mol. The summed E-state index contributed by atoms with van der Waals surface area (Å²) in [7, 11) is 5.55. The molecule has 1 amide bonds. The number of nitrogens with zero attached hydrogens (tertiary/aromatic N) is 5. The number of carbonyl (C=O) groups excluding carboxylic acids is 2. The van der Waals surface area contributed by atoms with Gasteiger partial charge in [0.15, 0.2) is 5.78 Å². The fourth-order valence-electron chi connectivity index (χ4n) is 4.25. The summed E-state index contributed by atoms with van der Waals surface area (Å²) in [6.07, 6.45) is 8.15. The molecule has 0 unspecified atom stereocenters. The van der Waals surface area contributed by atoms with Crippen molar-refractivity contribution in [2.45, 2.75) is 45.6 Å². The van der Waals surface area contributed by atoms with Gasteiger partial charge in [0.2, 0.25) is 11.9 Å². The highest BCUT2D eigenvalue weighted by Crippen LogP contribution is 2.36. The minimum Gasteiger partial charge on any atom is -0.369 e. The monoisotopic (exact) mass is 541 g/mol. The zero-order valence-corrected chi connectivity index (χ0v) is 24.1. The van der Waals surface area contributed by atoms with Crippen molar-refractivity contribution in [3.63, 3.8) is 0 Å². The van der Waals surface area contributed by atoms with Crippen molar-refractivity contribution in [1.82, 2.24) is 19.8 Å². The molecule has 40 heavy (non-hydrogen) atoms. The number of anilines is 3. The van der Waals surface area contributed by atoms with Gasteiger partial charge in [-0.3, -0.25) is 9.59 Å². The minimum absolute atomic E-state index is 0.0797. The van der Waals surface area contributed by atoms with Crippen molar-refractivity contribution < 1.29 is 9.59 Å². The summed E-state index contributed by atoms with van der Waals surface area (Å²) in [5, 5.41) is 15.6. The third-order valence-electron chi connectivity index (χ3n) is 6.84. The Morgan fingerprint density at radius 2 is 2.02 bits per heavy atom. The van der Waals surface area contributed by atoms with Gasteiger partial charge in [0.1, 0.15) is 5.82 Å². The van der Waals surface area contributed by atoms with Gasteiger partial charge in [0, 0.05) is 44.2 Å². The lowest BCUT2D eigenvalue weighted by molar-refractivity contribution is -0.134. The number of amides is 1. The molecule has 0 radical (unpaired) electrons. The van der Waals surface area contributed by atoms with Crippen LogP contribution < -0.4 is 10.6 Å². The highest BCUT2D eigenvalue weighted by molar-refractivity contribution is 5.93. The molecule has 1 aliphatic rings. The van der Waals surface area contributed by atoms with E-state index >= 15 is 0 Å². The third kappa shape index (κ3) is 8.93. The van der Waals surface area contributed by atoms with E-state index in [4.69, 9.17) is 5.26 Å². The first-order chi connectivity index (χ1) is 19.2. The van der Waals surface area contributed by atoms with E-state index < -0.39 is 6.04 Å².